The second kappa shape index (κ2) is 5.77. The fraction of sp³-hybridized carbons (Fsp3) is 0.941. The van der Waals surface area contributed by atoms with E-state index in [1.54, 1.807) is 0 Å². The molecule has 2 N–H and O–H groups in total. The number of fused-ring (bicyclic) bond motifs is 1. The first-order valence-electron chi connectivity index (χ1n) is 8.63. The van der Waals surface area contributed by atoms with E-state index < -0.39 is 5.54 Å². The number of carbonyl (C=O) groups is 1. The van der Waals surface area contributed by atoms with E-state index in [0.717, 1.165) is 52.0 Å². The third kappa shape index (κ3) is 2.29. The van der Waals surface area contributed by atoms with E-state index >= 15 is 0 Å². The topological polar surface area (TPSA) is 64.8 Å². The molecule has 2 aliphatic heterocycles. The van der Waals surface area contributed by atoms with Gasteiger partial charge in [-0.2, -0.15) is 0 Å². The maximum Gasteiger partial charge on any atom is 0.243 e. The number of nitrogens with two attached hydrogens (primary N) is 1. The molecule has 1 amide bonds. The lowest BCUT2D eigenvalue weighted by molar-refractivity contribution is -0.229. The molecule has 126 valence electrons. The standard InChI is InChI=1S/C17H30N2O3/c1-16(2)14-13(7-5-9-22-14)17(16,18)15(20)19(3)10-12-6-4-8-21-11-12/h12-14H,4-11,18H2,1-3H3. The molecule has 1 aliphatic carbocycles. The summed E-state index contributed by atoms with van der Waals surface area (Å²) in [5.74, 6) is 0.677. The predicted molar refractivity (Wildman–Crippen MR) is 84.3 cm³/mol. The molecule has 22 heavy (non-hydrogen) atoms. The number of likely N-dealkylation sites (N-methyl/N-ethyl adjacent to an activating group) is 1. The van der Waals surface area contributed by atoms with Crippen molar-refractivity contribution in [2.45, 2.75) is 51.2 Å². The minimum absolute atomic E-state index is 0.0785. The van der Waals surface area contributed by atoms with Crippen LogP contribution in [0.25, 0.3) is 0 Å². The van der Waals surface area contributed by atoms with Crippen LogP contribution in [0.15, 0.2) is 0 Å². The maximum absolute atomic E-state index is 13.1. The smallest absolute Gasteiger partial charge is 0.243 e. The van der Waals surface area contributed by atoms with Gasteiger partial charge in [0, 0.05) is 38.1 Å². The first-order valence-corrected chi connectivity index (χ1v) is 8.63. The number of amides is 1. The molecule has 3 fully saturated rings. The zero-order valence-electron chi connectivity index (χ0n) is 14.1. The van der Waals surface area contributed by atoms with Crippen molar-refractivity contribution in [3.63, 3.8) is 0 Å². The second-order valence-electron chi connectivity index (χ2n) is 7.90. The second-order valence-corrected chi connectivity index (χ2v) is 7.90. The van der Waals surface area contributed by atoms with Gasteiger partial charge in [-0.15, -0.1) is 0 Å². The number of hydrogen-bond acceptors (Lipinski definition) is 4. The van der Waals surface area contributed by atoms with Gasteiger partial charge in [0.25, 0.3) is 0 Å². The Morgan fingerprint density at radius 2 is 2.00 bits per heavy atom. The van der Waals surface area contributed by atoms with Gasteiger partial charge in [-0.3, -0.25) is 4.79 Å². The lowest BCUT2D eigenvalue weighted by atomic mass is 9.46. The van der Waals surface area contributed by atoms with Crippen molar-refractivity contribution in [3.8, 4) is 0 Å². The van der Waals surface area contributed by atoms with E-state index in [4.69, 9.17) is 15.2 Å². The summed E-state index contributed by atoms with van der Waals surface area (Å²) in [6, 6.07) is 0. The van der Waals surface area contributed by atoms with Crippen molar-refractivity contribution < 1.29 is 14.3 Å². The number of hydrogen-bond donors (Lipinski definition) is 1. The van der Waals surface area contributed by atoms with Gasteiger partial charge in [0.15, 0.2) is 0 Å². The summed E-state index contributed by atoms with van der Waals surface area (Å²) in [6.45, 7) is 7.30. The Morgan fingerprint density at radius 3 is 2.68 bits per heavy atom. The summed E-state index contributed by atoms with van der Waals surface area (Å²) in [4.78, 5) is 14.9. The summed E-state index contributed by atoms with van der Waals surface area (Å²) >= 11 is 0. The monoisotopic (exact) mass is 310 g/mol. The molecule has 2 heterocycles. The molecular weight excluding hydrogens is 280 g/mol. The Bertz CT molecular complexity index is 434. The highest BCUT2D eigenvalue weighted by Gasteiger charge is 2.70. The molecule has 0 spiro atoms. The van der Waals surface area contributed by atoms with E-state index in [1.165, 1.54) is 0 Å². The average Bonchev–Trinajstić information content (AvgIpc) is 2.54. The van der Waals surface area contributed by atoms with Gasteiger partial charge < -0.3 is 20.1 Å². The molecule has 5 nitrogen and oxygen atoms in total. The highest BCUT2D eigenvalue weighted by molar-refractivity contribution is 5.89. The van der Waals surface area contributed by atoms with Crippen LogP contribution in [0, 0.1) is 17.3 Å². The third-order valence-corrected chi connectivity index (χ3v) is 6.17. The van der Waals surface area contributed by atoms with Crippen LogP contribution in [0.4, 0.5) is 0 Å². The molecule has 1 saturated carbocycles. The van der Waals surface area contributed by atoms with Gasteiger partial charge in [-0.05, 0) is 31.6 Å². The largest absolute Gasteiger partial charge is 0.381 e. The van der Waals surface area contributed by atoms with Crippen LogP contribution in [0.2, 0.25) is 0 Å². The van der Waals surface area contributed by atoms with Gasteiger partial charge in [-0.1, -0.05) is 13.8 Å². The quantitative estimate of drug-likeness (QED) is 0.856. The zero-order valence-corrected chi connectivity index (χ0v) is 14.1. The molecule has 0 aromatic heterocycles. The Kier molecular flexibility index (Phi) is 4.25. The number of carbonyl (C=O) groups excluding carboxylic acids is 1. The number of nitrogens with zero attached hydrogens (tertiary/aromatic N) is 1. The zero-order chi connectivity index (χ0) is 16.0. The molecule has 4 atom stereocenters. The molecular formula is C17H30N2O3. The van der Waals surface area contributed by atoms with E-state index in [-0.39, 0.29) is 23.3 Å². The Morgan fingerprint density at radius 1 is 1.27 bits per heavy atom. The van der Waals surface area contributed by atoms with E-state index in [2.05, 4.69) is 13.8 Å². The maximum atomic E-state index is 13.1. The van der Waals surface area contributed by atoms with Crippen LogP contribution in [-0.4, -0.2) is 55.9 Å². The summed E-state index contributed by atoms with van der Waals surface area (Å²) in [7, 11) is 1.89. The van der Waals surface area contributed by atoms with Gasteiger partial charge >= 0.3 is 0 Å². The van der Waals surface area contributed by atoms with E-state index in [9.17, 15) is 4.79 Å². The normalized spacial score (nSPS) is 40.5. The molecule has 0 aromatic carbocycles. The van der Waals surface area contributed by atoms with Crippen molar-refractivity contribution in [2.24, 2.45) is 23.0 Å². The molecule has 2 saturated heterocycles. The van der Waals surface area contributed by atoms with Gasteiger partial charge in [0.2, 0.25) is 5.91 Å². The van der Waals surface area contributed by atoms with Crippen molar-refractivity contribution >= 4 is 5.91 Å². The van der Waals surface area contributed by atoms with Crippen LogP contribution in [-0.2, 0) is 14.3 Å². The van der Waals surface area contributed by atoms with Crippen molar-refractivity contribution in [1.29, 1.82) is 0 Å². The summed E-state index contributed by atoms with van der Waals surface area (Å²) in [5, 5.41) is 0. The van der Waals surface area contributed by atoms with Crippen LogP contribution in [0.1, 0.15) is 39.5 Å². The lowest BCUT2D eigenvalue weighted by Gasteiger charge is -2.65. The van der Waals surface area contributed by atoms with E-state index in [1.807, 2.05) is 11.9 Å². The molecule has 5 heteroatoms. The number of ether oxygens (including phenoxy) is 2. The van der Waals surface area contributed by atoms with Crippen molar-refractivity contribution in [3.05, 3.63) is 0 Å². The van der Waals surface area contributed by atoms with E-state index in [0.29, 0.717) is 5.92 Å². The van der Waals surface area contributed by atoms with Crippen molar-refractivity contribution in [1.82, 2.24) is 4.90 Å². The average molecular weight is 310 g/mol. The minimum Gasteiger partial charge on any atom is -0.381 e. The SMILES string of the molecule is CN(CC1CCCOC1)C(=O)C1(N)C2CCCOC2C1(C)C. The highest BCUT2D eigenvalue weighted by atomic mass is 16.5. The molecule has 4 unspecified atom stereocenters. The van der Waals surface area contributed by atoms with Crippen LogP contribution >= 0.6 is 0 Å². The minimum atomic E-state index is -0.789. The fourth-order valence-corrected chi connectivity index (χ4v) is 4.75. The van der Waals surface area contributed by atoms with Crippen LogP contribution in [0.5, 0.6) is 0 Å². The molecule has 0 aromatic rings. The van der Waals surface area contributed by atoms with Gasteiger partial charge in [0.05, 0.1) is 12.7 Å². The molecule has 0 radical (unpaired) electrons. The van der Waals surface area contributed by atoms with Gasteiger partial charge in [-0.25, -0.2) is 0 Å². The molecule has 3 rings (SSSR count). The number of rotatable bonds is 3. The first-order chi connectivity index (χ1) is 10.4. The summed E-state index contributed by atoms with van der Waals surface area (Å²) in [6.07, 6.45) is 4.35. The summed E-state index contributed by atoms with van der Waals surface area (Å²) < 4.78 is 11.4. The third-order valence-electron chi connectivity index (χ3n) is 6.17. The predicted octanol–water partition coefficient (Wildman–Crippen LogP) is 1.40. The Labute approximate surface area is 133 Å². The van der Waals surface area contributed by atoms with Crippen LogP contribution in [0.3, 0.4) is 0 Å². The fourth-order valence-electron chi connectivity index (χ4n) is 4.75. The Hall–Kier alpha value is -0.650. The molecule has 0 bridgehead atoms. The lowest BCUT2D eigenvalue weighted by Crippen LogP contribution is -2.82. The molecule has 3 aliphatic rings. The first kappa shape index (κ1) is 16.2. The van der Waals surface area contributed by atoms with Crippen molar-refractivity contribution in [2.75, 3.05) is 33.4 Å². The van der Waals surface area contributed by atoms with Crippen LogP contribution < -0.4 is 5.73 Å². The Balaban J connectivity index is 1.69. The summed E-state index contributed by atoms with van der Waals surface area (Å²) in [5.41, 5.74) is 5.59. The van der Waals surface area contributed by atoms with Gasteiger partial charge in [0.1, 0.15) is 5.54 Å². The highest BCUT2D eigenvalue weighted by Crippen LogP contribution is 2.57.